The Bertz CT molecular complexity index is 1410. The molecule has 0 spiro atoms. The minimum atomic E-state index is -1.17. The van der Waals surface area contributed by atoms with E-state index < -0.39 is 5.97 Å². The molecule has 3 aromatic carbocycles. The molecule has 0 atom stereocenters. The van der Waals surface area contributed by atoms with Crippen molar-refractivity contribution in [3.8, 4) is 23.3 Å². The van der Waals surface area contributed by atoms with Gasteiger partial charge in [0.2, 0.25) is 0 Å². The normalized spacial score (nSPS) is 10.5. The van der Waals surface area contributed by atoms with Gasteiger partial charge in [-0.05, 0) is 53.9 Å². The Labute approximate surface area is 206 Å². The van der Waals surface area contributed by atoms with Crippen LogP contribution >= 0.6 is 11.3 Å². The fraction of sp³-hybridized carbons (Fsp3) is 0.185. The lowest BCUT2D eigenvalue weighted by Gasteiger charge is -2.22. The fourth-order valence-corrected chi connectivity index (χ4v) is 4.62. The summed E-state index contributed by atoms with van der Waals surface area (Å²) < 4.78 is 25.6. The van der Waals surface area contributed by atoms with E-state index in [1.807, 2.05) is 30.3 Å². The first-order valence-electron chi connectivity index (χ1n) is 10.8. The Morgan fingerprint density at radius 1 is 1.06 bits per heavy atom. The quantitative estimate of drug-likeness (QED) is 0.345. The van der Waals surface area contributed by atoms with Gasteiger partial charge in [0.05, 0.1) is 24.4 Å². The van der Waals surface area contributed by atoms with Crippen molar-refractivity contribution in [1.29, 1.82) is 0 Å². The van der Waals surface area contributed by atoms with Crippen LogP contribution in [0.1, 0.15) is 16.7 Å². The smallest absolute Gasteiger partial charge is 0.382 e. The number of aliphatic carboxylic acids is 1. The minimum Gasteiger partial charge on any atom is -0.493 e. The number of nitrogens with zero attached hydrogens (tertiary/aromatic N) is 2. The highest BCUT2D eigenvalue weighted by Gasteiger charge is 2.16. The van der Waals surface area contributed by atoms with Crippen LogP contribution in [-0.2, 0) is 17.8 Å². The molecule has 0 saturated heterocycles. The van der Waals surface area contributed by atoms with Gasteiger partial charge in [0.15, 0.2) is 16.6 Å². The molecule has 4 rings (SSSR count). The molecule has 0 aliphatic rings. The van der Waals surface area contributed by atoms with Crippen molar-refractivity contribution in [2.24, 2.45) is 0 Å². The molecular weight excluding hydrogens is 467 g/mol. The Kier molecular flexibility index (Phi) is 7.48. The van der Waals surface area contributed by atoms with Crippen LogP contribution in [0.2, 0.25) is 0 Å². The molecule has 35 heavy (non-hydrogen) atoms. The van der Waals surface area contributed by atoms with Crippen molar-refractivity contribution in [2.45, 2.75) is 13.0 Å². The number of anilines is 1. The molecule has 1 heterocycles. The molecule has 6 nitrogen and oxygen atoms in total. The van der Waals surface area contributed by atoms with Gasteiger partial charge in [-0.3, -0.25) is 0 Å². The number of methoxy groups -OCH3 is 2. The van der Waals surface area contributed by atoms with Gasteiger partial charge in [-0.15, -0.1) is 0 Å². The number of fused-ring (bicyclic) bond motifs is 1. The Balaban J connectivity index is 1.60. The SMILES string of the molecule is COc1ccc(CCN(Cc2ccc(C#CC(=O)O)cc2)c2nc3cccc(F)c3s2)cc1OC. The number of benzene rings is 3. The second kappa shape index (κ2) is 10.9. The largest absolute Gasteiger partial charge is 0.493 e. The molecule has 178 valence electrons. The van der Waals surface area contributed by atoms with Crippen LogP contribution in [0.5, 0.6) is 11.5 Å². The first-order valence-corrected chi connectivity index (χ1v) is 11.6. The van der Waals surface area contributed by atoms with E-state index in [1.165, 1.54) is 17.4 Å². The van der Waals surface area contributed by atoms with Crippen molar-refractivity contribution < 1.29 is 23.8 Å². The molecule has 1 N–H and O–H groups in total. The number of carboxylic acid groups (broad SMARTS) is 1. The van der Waals surface area contributed by atoms with Crippen molar-refractivity contribution in [3.63, 3.8) is 0 Å². The maximum Gasteiger partial charge on any atom is 0.382 e. The van der Waals surface area contributed by atoms with Gasteiger partial charge in [-0.1, -0.05) is 41.5 Å². The Morgan fingerprint density at radius 3 is 2.49 bits per heavy atom. The number of halogens is 1. The van der Waals surface area contributed by atoms with E-state index in [1.54, 1.807) is 38.5 Å². The molecule has 4 aromatic rings. The summed E-state index contributed by atoms with van der Waals surface area (Å²) in [7, 11) is 3.21. The summed E-state index contributed by atoms with van der Waals surface area (Å²) in [5, 5.41) is 9.46. The van der Waals surface area contributed by atoms with Gasteiger partial charge >= 0.3 is 5.97 Å². The molecule has 0 aliphatic carbocycles. The van der Waals surface area contributed by atoms with Crippen molar-refractivity contribution >= 4 is 32.7 Å². The van der Waals surface area contributed by atoms with E-state index >= 15 is 0 Å². The lowest BCUT2D eigenvalue weighted by atomic mass is 10.1. The predicted molar refractivity (Wildman–Crippen MR) is 135 cm³/mol. The number of carbonyl (C=O) groups is 1. The van der Waals surface area contributed by atoms with Gasteiger partial charge in [-0.25, -0.2) is 14.2 Å². The van der Waals surface area contributed by atoms with Crippen molar-refractivity contribution in [3.05, 3.63) is 83.2 Å². The van der Waals surface area contributed by atoms with Crippen LogP contribution in [0.3, 0.4) is 0 Å². The third kappa shape index (κ3) is 5.89. The zero-order chi connectivity index (χ0) is 24.8. The third-order valence-electron chi connectivity index (χ3n) is 5.39. The molecule has 8 heteroatoms. The lowest BCUT2D eigenvalue weighted by molar-refractivity contribution is -0.130. The number of aromatic nitrogens is 1. The number of hydrogen-bond donors (Lipinski definition) is 1. The molecule has 0 unspecified atom stereocenters. The first-order chi connectivity index (χ1) is 17.0. The maximum atomic E-state index is 14.3. The summed E-state index contributed by atoms with van der Waals surface area (Å²) in [6, 6.07) is 18.1. The fourth-order valence-electron chi connectivity index (χ4n) is 3.62. The van der Waals surface area contributed by atoms with E-state index in [-0.39, 0.29) is 5.82 Å². The van der Waals surface area contributed by atoms with Crippen LogP contribution in [0.25, 0.3) is 10.2 Å². The number of thiazole rings is 1. The number of hydrogen-bond acceptors (Lipinski definition) is 6. The van der Waals surface area contributed by atoms with Crippen LogP contribution in [0, 0.1) is 17.7 Å². The van der Waals surface area contributed by atoms with Crippen LogP contribution < -0.4 is 14.4 Å². The van der Waals surface area contributed by atoms with Crippen molar-refractivity contribution in [1.82, 2.24) is 4.98 Å². The molecule has 0 radical (unpaired) electrons. The number of carboxylic acids is 1. The highest BCUT2D eigenvalue weighted by Crippen LogP contribution is 2.32. The molecule has 0 aliphatic heterocycles. The highest BCUT2D eigenvalue weighted by atomic mass is 32.1. The van der Waals surface area contributed by atoms with Gasteiger partial charge < -0.3 is 19.5 Å². The van der Waals surface area contributed by atoms with Crippen molar-refractivity contribution in [2.75, 3.05) is 25.7 Å². The molecule has 1 aromatic heterocycles. The van der Waals surface area contributed by atoms with E-state index in [0.717, 1.165) is 16.3 Å². The summed E-state index contributed by atoms with van der Waals surface area (Å²) in [5.41, 5.74) is 3.31. The first kappa shape index (κ1) is 24.0. The van der Waals surface area contributed by atoms with Crippen LogP contribution in [0.15, 0.2) is 60.7 Å². The standard InChI is InChI=1S/C27H23FN2O4S/c1-33-23-12-10-19(16-24(23)34-2)14-15-30(27-29-22-5-3-4-21(28)26(22)35-27)17-20-8-6-18(7-9-20)11-13-25(31)32/h3-10,12,16H,14-15,17H2,1-2H3,(H,31,32). The predicted octanol–water partition coefficient (Wildman–Crippen LogP) is 5.14. The zero-order valence-corrected chi connectivity index (χ0v) is 20.1. The second-order valence-electron chi connectivity index (χ2n) is 7.70. The molecule has 0 saturated carbocycles. The van der Waals surface area contributed by atoms with Gasteiger partial charge in [0, 0.05) is 24.6 Å². The molecule has 0 fully saturated rings. The van der Waals surface area contributed by atoms with E-state index in [0.29, 0.717) is 46.8 Å². The van der Waals surface area contributed by atoms with Gasteiger partial charge in [0.25, 0.3) is 0 Å². The zero-order valence-electron chi connectivity index (χ0n) is 19.2. The Morgan fingerprint density at radius 2 is 1.80 bits per heavy atom. The number of ether oxygens (including phenoxy) is 2. The summed E-state index contributed by atoms with van der Waals surface area (Å²) in [5.74, 6) is 4.61. The molecule has 0 bridgehead atoms. The van der Waals surface area contributed by atoms with Gasteiger partial charge in [0.1, 0.15) is 5.82 Å². The molecular formula is C27H23FN2O4S. The van der Waals surface area contributed by atoms with Crippen LogP contribution in [0.4, 0.5) is 9.52 Å². The van der Waals surface area contributed by atoms with Gasteiger partial charge in [-0.2, -0.15) is 0 Å². The maximum absolute atomic E-state index is 14.3. The summed E-state index contributed by atoms with van der Waals surface area (Å²) in [6.45, 7) is 1.18. The van der Waals surface area contributed by atoms with E-state index in [9.17, 15) is 9.18 Å². The lowest BCUT2D eigenvalue weighted by Crippen LogP contribution is -2.25. The summed E-state index contributed by atoms with van der Waals surface area (Å²) >= 11 is 1.32. The monoisotopic (exact) mass is 490 g/mol. The second-order valence-corrected chi connectivity index (χ2v) is 8.68. The number of rotatable bonds is 8. The van der Waals surface area contributed by atoms with Crippen LogP contribution in [-0.4, -0.2) is 36.8 Å². The topological polar surface area (TPSA) is 71.9 Å². The average molecular weight is 491 g/mol. The Hall–Kier alpha value is -4.09. The summed E-state index contributed by atoms with van der Waals surface area (Å²) in [4.78, 5) is 17.5. The third-order valence-corrected chi connectivity index (χ3v) is 6.53. The molecule has 0 amide bonds. The highest BCUT2D eigenvalue weighted by molar-refractivity contribution is 7.22. The minimum absolute atomic E-state index is 0.285. The summed E-state index contributed by atoms with van der Waals surface area (Å²) in [6.07, 6.45) is 0.709. The van der Waals surface area contributed by atoms with E-state index in [4.69, 9.17) is 14.6 Å². The van der Waals surface area contributed by atoms with E-state index in [2.05, 4.69) is 21.7 Å². The average Bonchev–Trinajstić information content (AvgIpc) is 3.31.